The van der Waals surface area contributed by atoms with Crippen LogP contribution in [0.4, 0.5) is 9.18 Å². The summed E-state index contributed by atoms with van der Waals surface area (Å²) < 4.78 is 24.2. The van der Waals surface area contributed by atoms with Crippen LogP contribution in [0.25, 0.3) is 0 Å². The number of nitrogens with zero attached hydrogens (tertiary/aromatic N) is 1. The third-order valence-electron chi connectivity index (χ3n) is 7.97. The number of nitrogens with one attached hydrogen (secondary N) is 3. The topological polar surface area (TPSA) is 259 Å². The van der Waals surface area contributed by atoms with Crippen molar-refractivity contribution in [2.24, 2.45) is 22.4 Å². The third kappa shape index (κ3) is 22.4. The average Bonchev–Trinajstić information content (AvgIpc) is 3.06. The van der Waals surface area contributed by atoms with Crippen molar-refractivity contribution in [1.82, 2.24) is 16.0 Å². The highest BCUT2D eigenvalue weighted by Gasteiger charge is 2.32. The molecule has 0 saturated heterocycles. The summed E-state index contributed by atoms with van der Waals surface area (Å²) in [4.78, 5) is 94.1. The largest absolute Gasteiger partial charge is 0.481 e. The number of nitrogens with two attached hydrogens (primary N) is 2. The van der Waals surface area contributed by atoms with Crippen LogP contribution in [0, 0.1) is 11.7 Å². The molecule has 17 heteroatoms. The number of ketones is 2. The Kier molecular flexibility index (Phi) is 20.9. The van der Waals surface area contributed by atoms with Gasteiger partial charge in [-0.2, -0.15) is 0 Å². The number of benzene rings is 1. The Bertz CT molecular complexity index is 1520. The van der Waals surface area contributed by atoms with E-state index in [1.54, 1.807) is 48.5 Å². The molecule has 3 amide bonds. The van der Waals surface area contributed by atoms with E-state index in [4.69, 9.17) is 26.0 Å². The second kappa shape index (κ2) is 23.9. The maximum atomic E-state index is 14.0. The average molecular weight is 793 g/mol. The molecule has 1 rings (SSSR count). The van der Waals surface area contributed by atoms with Gasteiger partial charge in [-0.3, -0.25) is 33.8 Å². The standard InChI is InChI=1S/C39H61FN6O10/c1-24(41)43-20-10-12-29(31(47)17-18-33(49)50)45-35(52)26(11-8-9-19-44-37(54)56-39(5,6)7)22-32(48)30(21-25-13-15-27(40)16-14-25)46-36(53)28(42)23-34(51)55-38(2,3)4/h13-16,26,28-30H,8-12,17-23,42H2,1-7H3,(H2,41,43)(H,44,54)(H,45,52)(H,46,53)(H,49,50)/t26-,28+,29+,30-/m1/s1. The number of halogens is 1. The van der Waals surface area contributed by atoms with Crippen molar-refractivity contribution in [1.29, 1.82) is 0 Å². The summed E-state index contributed by atoms with van der Waals surface area (Å²) in [5.74, 6) is -5.71. The fourth-order valence-electron chi connectivity index (χ4n) is 5.33. The zero-order chi connectivity index (χ0) is 42.6. The van der Waals surface area contributed by atoms with Gasteiger partial charge in [0.15, 0.2) is 11.6 Å². The van der Waals surface area contributed by atoms with Gasteiger partial charge in [0.1, 0.15) is 17.0 Å². The summed E-state index contributed by atoms with van der Waals surface area (Å²) >= 11 is 0. The lowest BCUT2D eigenvalue weighted by atomic mass is 9.89. The van der Waals surface area contributed by atoms with Crippen LogP contribution in [0.2, 0.25) is 0 Å². The normalized spacial score (nSPS) is 14.1. The Morgan fingerprint density at radius 3 is 1.98 bits per heavy atom. The van der Waals surface area contributed by atoms with Crippen LogP contribution in [0.3, 0.4) is 0 Å². The summed E-state index contributed by atoms with van der Waals surface area (Å²) in [6.07, 6.45) is -1.07. The number of carboxylic acid groups (broad SMARTS) is 1. The Morgan fingerprint density at radius 2 is 1.41 bits per heavy atom. The molecule has 0 radical (unpaired) electrons. The van der Waals surface area contributed by atoms with Crippen LogP contribution in [0.1, 0.15) is 112 Å². The number of hydrogen-bond donors (Lipinski definition) is 6. The van der Waals surface area contributed by atoms with E-state index in [-0.39, 0.29) is 38.8 Å². The quantitative estimate of drug-likeness (QED) is 0.0382. The number of aliphatic imine (C=N–C) groups is 1. The number of Topliss-reactive ketones (excluding diaryl/α,β-unsaturated/α-hetero) is 2. The highest BCUT2D eigenvalue weighted by molar-refractivity contribution is 5.96. The van der Waals surface area contributed by atoms with E-state index < -0.39 is 102 Å². The first-order chi connectivity index (χ1) is 26.0. The Labute approximate surface area is 328 Å². The first kappa shape index (κ1) is 49.1. The van der Waals surface area contributed by atoms with Crippen LogP contribution in [-0.4, -0.2) is 94.8 Å². The smallest absolute Gasteiger partial charge is 0.407 e. The molecule has 0 fully saturated rings. The molecule has 16 nitrogen and oxygen atoms in total. The van der Waals surface area contributed by atoms with Gasteiger partial charge in [0.2, 0.25) is 11.8 Å². The van der Waals surface area contributed by atoms with Crippen molar-refractivity contribution in [3.05, 3.63) is 35.6 Å². The lowest BCUT2D eigenvalue weighted by molar-refractivity contribution is -0.156. The zero-order valence-corrected chi connectivity index (χ0v) is 33.7. The molecular formula is C39H61FN6O10. The number of esters is 1. The van der Waals surface area contributed by atoms with Crippen molar-refractivity contribution in [2.75, 3.05) is 13.1 Å². The predicted molar refractivity (Wildman–Crippen MR) is 207 cm³/mol. The number of carbonyl (C=O) groups is 7. The van der Waals surface area contributed by atoms with Crippen LogP contribution in [0.5, 0.6) is 0 Å². The zero-order valence-electron chi connectivity index (χ0n) is 33.7. The van der Waals surface area contributed by atoms with E-state index in [9.17, 15) is 38.0 Å². The minimum absolute atomic E-state index is 0.102. The molecular weight excluding hydrogens is 731 g/mol. The van der Waals surface area contributed by atoms with E-state index >= 15 is 0 Å². The predicted octanol–water partition coefficient (Wildman–Crippen LogP) is 3.26. The Hall–Kier alpha value is -4.93. The number of amidine groups is 1. The van der Waals surface area contributed by atoms with Gasteiger partial charge in [0, 0.05) is 31.8 Å². The summed E-state index contributed by atoms with van der Waals surface area (Å²) in [7, 11) is 0. The van der Waals surface area contributed by atoms with Gasteiger partial charge in [-0.05, 0) is 98.3 Å². The van der Waals surface area contributed by atoms with E-state index in [1.807, 2.05) is 0 Å². The highest BCUT2D eigenvalue weighted by atomic mass is 19.1. The van der Waals surface area contributed by atoms with Crippen molar-refractivity contribution < 1.29 is 52.5 Å². The first-order valence-corrected chi connectivity index (χ1v) is 18.8. The molecule has 0 saturated carbocycles. The number of aliphatic carboxylic acids is 1. The van der Waals surface area contributed by atoms with Crippen LogP contribution in [0.15, 0.2) is 29.3 Å². The highest BCUT2D eigenvalue weighted by Crippen LogP contribution is 2.19. The fraction of sp³-hybridized carbons (Fsp3) is 0.641. The minimum atomic E-state index is -1.38. The second-order valence-electron chi connectivity index (χ2n) is 15.7. The number of unbranched alkanes of at least 4 members (excludes halogenated alkanes) is 1. The Morgan fingerprint density at radius 1 is 0.804 bits per heavy atom. The van der Waals surface area contributed by atoms with Gasteiger partial charge < -0.3 is 42.0 Å². The summed E-state index contributed by atoms with van der Waals surface area (Å²) in [6, 6.07) is 1.54. The number of hydrogen-bond acceptors (Lipinski definition) is 11. The summed E-state index contributed by atoms with van der Waals surface area (Å²) in [5, 5.41) is 17.1. The molecule has 0 aromatic heterocycles. The molecule has 0 bridgehead atoms. The SMILES string of the molecule is CC(N)=NCCC[C@H](NC(=O)[C@H](CCCCNC(=O)OC(C)(C)C)CC(=O)[C@@H](Cc1ccc(F)cc1)NC(=O)[C@@H](N)CC(=O)OC(C)(C)C)C(=O)CCC(=O)O. The minimum Gasteiger partial charge on any atom is -0.481 e. The molecule has 56 heavy (non-hydrogen) atoms. The van der Waals surface area contributed by atoms with Crippen molar-refractivity contribution >= 4 is 47.2 Å². The number of carboxylic acids is 1. The summed E-state index contributed by atoms with van der Waals surface area (Å²) in [6.45, 7) is 12.2. The van der Waals surface area contributed by atoms with Gasteiger partial charge >= 0.3 is 18.0 Å². The first-order valence-electron chi connectivity index (χ1n) is 18.8. The van der Waals surface area contributed by atoms with Gasteiger partial charge in [0.05, 0.1) is 36.8 Å². The van der Waals surface area contributed by atoms with Gasteiger partial charge in [-0.25, -0.2) is 9.18 Å². The second-order valence-corrected chi connectivity index (χ2v) is 15.7. The molecule has 0 heterocycles. The summed E-state index contributed by atoms with van der Waals surface area (Å²) in [5.41, 5.74) is 10.6. The lowest BCUT2D eigenvalue weighted by Gasteiger charge is -2.25. The molecule has 0 aliphatic heterocycles. The van der Waals surface area contributed by atoms with Crippen molar-refractivity contribution in [2.45, 2.75) is 142 Å². The molecule has 0 spiro atoms. The molecule has 8 N–H and O–H groups in total. The van der Waals surface area contributed by atoms with Crippen molar-refractivity contribution in [3.8, 4) is 0 Å². The van der Waals surface area contributed by atoms with Crippen LogP contribution in [-0.2, 0) is 44.7 Å². The van der Waals surface area contributed by atoms with E-state index in [2.05, 4.69) is 20.9 Å². The molecule has 314 valence electrons. The van der Waals surface area contributed by atoms with Crippen molar-refractivity contribution in [3.63, 3.8) is 0 Å². The fourth-order valence-corrected chi connectivity index (χ4v) is 5.33. The van der Waals surface area contributed by atoms with E-state index in [1.165, 1.54) is 24.3 Å². The number of rotatable bonds is 24. The number of carbonyl (C=O) groups excluding carboxylic acids is 6. The van der Waals surface area contributed by atoms with Gasteiger partial charge in [0.25, 0.3) is 0 Å². The van der Waals surface area contributed by atoms with E-state index in [0.717, 1.165) is 0 Å². The lowest BCUT2D eigenvalue weighted by Crippen LogP contribution is -2.51. The van der Waals surface area contributed by atoms with E-state index in [0.29, 0.717) is 30.7 Å². The van der Waals surface area contributed by atoms with Gasteiger partial charge in [-0.15, -0.1) is 0 Å². The maximum Gasteiger partial charge on any atom is 0.407 e. The molecule has 1 aromatic rings. The van der Waals surface area contributed by atoms with Gasteiger partial charge in [-0.1, -0.05) is 18.6 Å². The van der Waals surface area contributed by atoms with Crippen LogP contribution < -0.4 is 27.4 Å². The molecule has 0 unspecified atom stereocenters. The molecule has 0 aliphatic rings. The maximum absolute atomic E-state index is 14.0. The molecule has 4 atom stereocenters. The molecule has 0 aliphatic carbocycles. The number of ether oxygens (including phenoxy) is 2. The number of alkyl carbamates (subject to hydrolysis) is 1. The number of amides is 3. The third-order valence-corrected chi connectivity index (χ3v) is 7.97. The monoisotopic (exact) mass is 792 g/mol. The van der Waals surface area contributed by atoms with Crippen LogP contribution >= 0.6 is 0 Å². The molecule has 1 aromatic carbocycles. The Balaban J connectivity index is 3.35.